The molecule has 0 spiro atoms. The lowest BCUT2D eigenvalue weighted by Gasteiger charge is -2.24. The van der Waals surface area contributed by atoms with Gasteiger partial charge in [-0.25, -0.2) is 0 Å². The molecule has 0 heterocycles. The van der Waals surface area contributed by atoms with E-state index in [9.17, 15) is 9.59 Å². The first-order valence-corrected chi connectivity index (χ1v) is 7.67. The minimum atomic E-state index is -0.895. The van der Waals surface area contributed by atoms with E-state index >= 15 is 0 Å². The van der Waals surface area contributed by atoms with Gasteiger partial charge in [0.15, 0.2) is 6.61 Å². The number of aryl methyl sites for hydroxylation is 1. The number of hydrogen-bond donors (Lipinski definition) is 1. The molecule has 0 radical (unpaired) electrons. The van der Waals surface area contributed by atoms with Crippen LogP contribution in [0.5, 0.6) is 5.75 Å². The summed E-state index contributed by atoms with van der Waals surface area (Å²) in [5.74, 6) is -1.04. The fourth-order valence-corrected chi connectivity index (χ4v) is 2.44. The zero-order chi connectivity index (χ0) is 16.3. The monoisotopic (exact) mass is 325 g/mol. The fraction of sp³-hybridized carbons (Fsp3) is 0.500. The number of ether oxygens (including phenoxy) is 1. The van der Waals surface area contributed by atoms with Crippen LogP contribution < -0.4 is 4.74 Å². The zero-order valence-electron chi connectivity index (χ0n) is 12.7. The highest BCUT2D eigenvalue weighted by molar-refractivity contribution is 6.30. The Morgan fingerprint density at radius 3 is 2.68 bits per heavy atom. The second-order valence-corrected chi connectivity index (χ2v) is 6.15. The molecule has 1 amide bonds. The Balaban J connectivity index is 1.95. The molecule has 1 aliphatic rings. The molecule has 120 valence electrons. The smallest absolute Gasteiger partial charge is 0.308 e. The first kappa shape index (κ1) is 16.6. The van der Waals surface area contributed by atoms with E-state index in [1.807, 2.05) is 6.92 Å². The number of rotatable bonds is 7. The second kappa shape index (κ2) is 7.01. The molecule has 1 fully saturated rings. The average molecular weight is 326 g/mol. The SMILES string of the molecule is Cc1cc(Cl)ccc1OCC(=O)N(CC(C)C(=O)O)C1CC1. The summed E-state index contributed by atoms with van der Waals surface area (Å²) in [6.45, 7) is 3.60. The maximum atomic E-state index is 12.3. The molecule has 0 aliphatic heterocycles. The van der Waals surface area contributed by atoms with Gasteiger partial charge < -0.3 is 14.7 Å². The van der Waals surface area contributed by atoms with Crippen LogP contribution in [0.3, 0.4) is 0 Å². The minimum absolute atomic E-state index is 0.0920. The second-order valence-electron chi connectivity index (χ2n) is 5.72. The molecule has 5 nitrogen and oxygen atoms in total. The number of carbonyl (C=O) groups excluding carboxylic acids is 1. The van der Waals surface area contributed by atoms with Crippen molar-refractivity contribution in [3.05, 3.63) is 28.8 Å². The van der Waals surface area contributed by atoms with Gasteiger partial charge in [-0.15, -0.1) is 0 Å². The van der Waals surface area contributed by atoms with Gasteiger partial charge >= 0.3 is 5.97 Å². The van der Waals surface area contributed by atoms with Crippen molar-refractivity contribution in [3.63, 3.8) is 0 Å². The van der Waals surface area contributed by atoms with Crippen LogP contribution >= 0.6 is 11.6 Å². The molecule has 0 saturated heterocycles. The third kappa shape index (κ3) is 4.37. The van der Waals surface area contributed by atoms with Crippen LogP contribution in [0.2, 0.25) is 5.02 Å². The molecule has 1 saturated carbocycles. The van der Waals surface area contributed by atoms with Gasteiger partial charge in [0.1, 0.15) is 5.75 Å². The van der Waals surface area contributed by atoms with Gasteiger partial charge in [-0.2, -0.15) is 0 Å². The number of halogens is 1. The highest BCUT2D eigenvalue weighted by Gasteiger charge is 2.34. The molecule has 1 aromatic rings. The normalized spacial score (nSPS) is 15.2. The summed E-state index contributed by atoms with van der Waals surface area (Å²) >= 11 is 5.88. The molecule has 1 aromatic carbocycles. The minimum Gasteiger partial charge on any atom is -0.483 e. The molecule has 0 bridgehead atoms. The fourth-order valence-electron chi connectivity index (χ4n) is 2.21. The molecular weight excluding hydrogens is 306 g/mol. The lowest BCUT2D eigenvalue weighted by atomic mass is 10.1. The first-order chi connectivity index (χ1) is 10.4. The number of carboxylic acids is 1. The maximum Gasteiger partial charge on any atom is 0.308 e. The van der Waals surface area contributed by atoms with Crippen LogP contribution in [0.15, 0.2) is 18.2 Å². The average Bonchev–Trinajstić information content (AvgIpc) is 3.27. The van der Waals surface area contributed by atoms with Crippen molar-refractivity contribution >= 4 is 23.5 Å². The topological polar surface area (TPSA) is 66.8 Å². The highest BCUT2D eigenvalue weighted by Crippen LogP contribution is 2.28. The van der Waals surface area contributed by atoms with Crippen LogP contribution in [0.25, 0.3) is 0 Å². The Hall–Kier alpha value is -1.75. The van der Waals surface area contributed by atoms with E-state index in [1.54, 1.807) is 30.0 Å². The van der Waals surface area contributed by atoms with Gasteiger partial charge in [-0.3, -0.25) is 9.59 Å². The number of benzene rings is 1. The summed E-state index contributed by atoms with van der Waals surface area (Å²) in [6, 6.07) is 5.36. The number of hydrogen-bond acceptors (Lipinski definition) is 3. The van der Waals surface area contributed by atoms with Gasteiger partial charge in [-0.1, -0.05) is 18.5 Å². The van der Waals surface area contributed by atoms with E-state index in [0.29, 0.717) is 10.8 Å². The Labute approximate surface area is 134 Å². The largest absolute Gasteiger partial charge is 0.483 e. The predicted molar refractivity (Wildman–Crippen MR) is 83.2 cm³/mol. The summed E-state index contributed by atoms with van der Waals surface area (Å²) in [5.41, 5.74) is 0.858. The number of carboxylic acid groups (broad SMARTS) is 1. The molecule has 6 heteroatoms. The van der Waals surface area contributed by atoms with Gasteiger partial charge in [-0.05, 0) is 43.5 Å². The third-order valence-corrected chi connectivity index (χ3v) is 3.92. The molecule has 1 unspecified atom stereocenters. The summed E-state index contributed by atoms with van der Waals surface area (Å²) in [5, 5.41) is 9.62. The molecular formula is C16H20ClNO4. The predicted octanol–water partition coefficient (Wildman–Crippen LogP) is 2.74. The van der Waals surface area contributed by atoms with Crippen molar-refractivity contribution in [2.75, 3.05) is 13.2 Å². The van der Waals surface area contributed by atoms with Crippen LogP contribution in [0, 0.1) is 12.8 Å². The van der Waals surface area contributed by atoms with E-state index < -0.39 is 11.9 Å². The number of amides is 1. The standard InChI is InChI=1S/C16H20ClNO4/c1-10-7-12(17)3-6-14(10)22-9-15(19)18(13-4-5-13)8-11(2)16(20)21/h3,6-7,11,13H,4-5,8-9H2,1-2H3,(H,20,21). The Bertz CT molecular complexity index is 571. The Kier molecular flexibility index (Phi) is 5.29. The van der Waals surface area contributed by atoms with Crippen LogP contribution in [0.4, 0.5) is 0 Å². The molecule has 1 aliphatic carbocycles. The van der Waals surface area contributed by atoms with E-state index in [-0.39, 0.29) is 25.1 Å². The highest BCUT2D eigenvalue weighted by atomic mass is 35.5. The van der Waals surface area contributed by atoms with Crippen molar-refractivity contribution in [3.8, 4) is 5.75 Å². The molecule has 1 atom stereocenters. The van der Waals surface area contributed by atoms with Gasteiger partial charge in [0.2, 0.25) is 0 Å². The molecule has 0 aromatic heterocycles. The van der Waals surface area contributed by atoms with E-state index in [0.717, 1.165) is 18.4 Å². The Morgan fingerprint density at radius 2 is 2.14 bits per heavy atom. The van der Waals surface area contributed by atoms with Gasteiger partial charge in [0.25, 0.3) is 5.91 Å². The van der Waals surface area contributed by atoms with Gasteiger partial charge in [0, 0.05) is 17.6 Å². The van der Waals surface area contributed by atoms with Crippen molar-refractivity contribution in [2.45, 2.75) is 32.7 Å². The van der Waals surface area contributed by atoms with E-state index in [1.165, 1.54) is 0 Å². The number of carbonyl (C=O) groups is 2. The molecule has 1 N–H and O–H groups in total. The molecule has 2 rings (SSSR count). The zero-order valence-corrected chi connectivity index (χ0v) is 13.5. The third-order valence-electron chi connectivity index (χ3n) is 3.69. The van der Waals surface area contributed by atoms with Crippen molar-refractivity contribution < 1.29 is 19.4 Å². The lowest BCUT2D eigenvalue weighted by Crippen LogP contribution is -2.41. The molecule has 22 heavy (non-hydrogen) atoms. The van der Waals surface area contributed by atoms with Crippen LogP contribution in [-0.4, -0.2) is 41.1 Å². The lowest BCUT2D eigenvalue weighted by molar-refractivity contribution is -0.143. The Morgan fingerprint density at radius 1 is 1.45 bits per heavy atom. The quantitative estimate of drug-likeness (QED) is 0.837. The van der Waals surface area contributed by atoms with E-state index in [4.69, 9.17) is 21.4 Å². The van der Waals surface area contributed by atoms with Crippen molar-refractivity contribution in [1.29, 1.82) is 0 Å². The summed E-state index contributed by atoms with van der Waals surface area (Å²) in [6.07, 6.45) is 1.86. The number of aliphatic carboxylic acids is 1. The summed E-state index contributed by atoms with van der Waals surface area (Å²) < 4.78 is 5.56. The maximum absolute atomic E-state index is 12.3. The van der Waals surface area contributed by atoms with Gasteiger partial charge in [0.05, 0.1) is 5.92 Å². The van der Waals surface area contributed by atoms with E-state index in [2.05, 4.69) is 0 Å². The van der Waals surface area contributed by atoms with Crippen LogP contribution in [-0.2, 0) is 9.59 Å². The van der Waals surface area contributed by atoms with Crippen LogP contribution in [0.1, 0.15) is 25.3 Å². The first-order valence-electron chi connectivity index (χ1n) is 7.29. The summed E-state index contributed by atoms with van der Waals surface area (Å²) in [7, 11) is 0. The van der Waals surface area contributed by atoms with Crippen molar-refractivity contribution in [2.24, 2.45) is 5.92 Å². The van der Waals surface area contributed by atoms with Crippen molar-refractivity contribution in [1.82, 2.24) is 4.90 Å². The summed E-state index contributed by atoms with van der Waals surface area (Å²) in [4.78, 5) is 24.9. The number of nitrogens with zero attached hydrogens (tertiary/aromatic N) is 1.